The highest BCUT2D eigenvalue weighted by Crippen LogP contribution is 2.38. The fourth-order valence-corrected chi connectivity index (χ4v) is 6.27. The van der Waals surface area contributed by atoms with Gasteiger partial charge < -0.3 is 4.90 Å². The maximum atomic E-state index is 13.3. The molecule has 0 aliphatic carbocycles. The first-order valence-electron chi connectivity index (χ1n) is 11.8. The molecule has 1 aromatic heterocycles. The summed E-state index contributed by atoms with van der Waals surface area (Å²) in [5.41, 5.74) is 4.09. The Bertz CT molecular complexity index is 1350. The molecule has 3 aromatic carbocycles. The van der Waals surface area contributed by atoms with Crippen LogP contribution in [0.1, 0.15) is 39.3 Å². The first-order chi connectivity index (χ1) is 17.5. The van der Waals surface area contributed by atoms with Crippen molar-refractivity contribution in [2.75, 3.05) is 16.8 Å². The molecule has 2 unspecified atom stereocenters. The summed E-state index contributed by atoms with van der Waals surface area (Å²) in [7, 11) is 0. The zero-order valence-corrected chi connectivity index (χ0v) is 21.7. The molecule has 36 heavy (non-hydrogen) atoms. The second-order valence-corrected chi connectivity index (χ2v) is 11.1. The van der Waals surface area contributed by atoms with Crippen molar-refractivity contribution >= 4 is 45.7 Å². The van der Waals surface area contributed by atoms with E-state index < -0.39 is 5.25 Å². The maximum absolute atomic E-state index is 13.3. The molecule has 2 atom stereocenters. The smallest absolute Gasteiger partial charge is 0.244 e. The molecule has 1 N–H and O–H groups in total. The van der Waals surface area contributed by atoms with E-state index in [0.29, 0.717) is 18.1 Å². The van der Waals surface area contributed by atoms with Crippen LogP contribution in [-0.2, 0) is 9.59 Å². The molecule has 1 saturated heterocycles. The number of thioether (sulfide) groups is 1. The number of anilines is 2. The van der Waals surface area contributed by atoms with E-state index in [2.05, 4.69) is 21.6 Å². The number of nitrogens with one attached hydrogen (secondary N) is 1. The molecule has 8 heteroatoms. The van der Waals surface area contributed by atoms with Crippen molar-refractivity contribution in [1.82, 2.24) is 10.2 Å². The van der Waals surface area contributed by atoms with Gasteiger partial charge in [0.2, 0.25) is 16.9 Å². The number of hydrogen-bond donors (Lipinski definition) is 1. The monoisotopic (exact) mass is 514 g/mol. The van der Waals surface area contributed by atoms with E-state index in [1.54, 1.807) is 0 Å². The number of amides is 2. The average molecular weight is 515 g/mol. The lowest BCUT2D eigenvalue weighted by Crippen LogP contribution is -2.24. The maximum Gasteiger partial charge on any atom is 0.244 e. The molecule has 6 nitrogen and oxygen atoms in total. The molecule has 0 bridgehead atoms. The molecular formula is C28H26N4O2S2. The predicted molar refractivity (Wildman–Crippen MR) is 146 cm³/mol. The van der Waals surface area contributed by atoms with Crippen molar-refractivity contribution in [2.45, 2.75) is 36.3 Å². The zero-order chi connectivity index (χ0) is 25.1. The third kappa shape index (κ3) is 5.50. The highest BCUT2D eigenvalue weighted by Gasteiger charge is 2.34. The van der Waals surface area contributed by atoms with Crippen molar-refractivity contribution in [3.05, 3.63) is 101 Å². The minimum atomic E-state index is -0.436. The molecule has 1 fully saturated rings. The Morgan fingerprint density at radius 1 is 1.00 bits per heavy atom. The molecule has 0 radical (unpaired) electrons. The minimum Gasteiger partial charge on any atom is -0.312 e. The van der Waals surface area contributed by atoms with Crippen LogP contribution in [0.3, 0.4) is 0 Å². The zero-order valence-electron chi connectivity index (χ0n) is 20.0. The number of carbonyl (C=O) groups excluding carboxylic acids is 2. The molecule has 2 amide bonds. The number of nitrogens with zero attached hydrogens (tertiary/aromatic N) is 3. The predicted octanol–water partition coefficient (Wildman–Crippen LogP) is 6.15. The molecule has 5 rings (SSSR count). The van der Waals surface area contributed by atoms with Gasteiger partial charge in [0.15, 0.2) is 0 Å². The van der Waals surface area contributed by atoms with E-state index in [0.717, 1.165) is 32.3 Å². The van der Waals surface area contributed by atoms with E-state index >= 15 is 0 Å². The SMILES string of the molecule is Cc1cc(C)cc(N2CC(c3nnc(NC(=O)C(Sc4ccccc4)c4ccccc4)s3)CC2=O)c1. The lowest BCUT2D eigenvalue weighted by atomic mass is 10.1. The number of carbonyl (C=O) groups is 2. The van der Waals surface area contributed by atoms with Gasteiger partial charge in [-0.25, -0.2) is 0 Å². The lowest BCUT2D eigenvalue weighted by Gasteiger charge is -2.17. The standard InChI is InChI=1S/C28H26N4O2S2/c1-18-13-19(2)15-22(14-18)32-17-21(16-24(32)33)27-30-31-28(36-27)29-26(34)25(20-9-5-3-6-10-20)35-23-11-7-4-8-12-23/h3-15,21,25H,16-17H2,1-2H3,(H,29,31,34). The molecule has 0 spiro atoms. The van der Waals surface area contributed by atoms with Gasteiger partial charge in [-0.15, -0.1) is 22.0 Å². The second-order valence-electron chi connectivity index (χ2n) is 8.91. The fraction of sp³-hybridized carbons (Fsp3) is 0.214. The summed E-state index contributed by atoms with van der Waals surface area (Å²) in [5.74, 6) is -0.128. The van der Waals surface area contributed by atoms with Gasteiger partial charge in [-0.3, -0.25) is 14.9 Å². The van der Waals surface area contributed by atoms with Crippen molar-refractivity contribution in [3.63, 3.8) is 0 Å². The first kappa shape index (κ1) is 24.2. The first-order valence-corrected chi connectivity index (χ1v) is 13.5. The highest BCUT2D eigenvalue weighted by atomic mass is 32.2. The van der Waals surface area contributed by atoms with Gasteiger partial charge in [0.1, 0.15) is 10.3 Å². The van der Waals surface area contributed by atoms with E-state index in [1.165, 1.54) is 23.1 Å². The van der Waals surface area contributed by atoms with Gasteiger partial charge in [-0.1, -0.05) is 65.9 Å². The Kier molecular flexibility index (Phi) is 7.16. The minimum absolute atomic E-state index is 0.0508. The molecule has 2 heterocycles. The van der Waals surface area contributed by atoms with Crippen LogP contribution in [0.15, 0.2) is 83.8 Å². The number of benzene rings is 3. The van der Waals surface area contributed by atoms with Crippen LogP contribution in [0.5, 0.6) is 0 Å². The quantitative estimate of drug-likeness (QED) is 0.300. The van der Waals surface area contributed by atoms with E-state index in [-0.39, 0.29) is 17.7 Å². The van der Waals surface area contributed by atoms with E-state index in [1.807, 2.05) is 91.5 Å². The van der Waals surface area contributed by atoms with Crippen LogP contribution < -0.4 is 10.2 Å². The van der Waals surface area contributed by atoms with Gasteiger partial charge in [-0.05, 0) is 54.8 Å². The number of aryl methyl sites for hydroxylation is 2. The molecule has 182 valence electrons. The highest BCUT2D eigenvalue weighted by molar-refractivity contribution is 8.00. The van der Waals surface area contributed by atoms with E-state index in [4.69, 9.17) is 0 Å². The van der Waals surface area contributed by atoms with Crippen LogP contribution >= 0.6 is 23.1 Å². The Labute approximate surface area is 218 Å². The van der Waals surface area contributed by atoms with Crippen LogP contribution in [-0.4, -0.2) is 28.6 Å². The normalized spacial score (nSPS) is 16.2. The Morgan fingerprint density at radius 2 is 1.67 bits per heavy atom. The number of rotatable bonds is 7. The van der Waals surface area contributed by atoms with Crippen molar-refractivity contribution in [3.8, 4) is 0 Å². The summed E-state index contributed by atoms with van der Waals surface area (Å²) in [5, 5.41) is 12.3. The summed E-state index contributed by atoms with van der Waals surface area (Å²) in [6.45, 7) is 4.63. The summed E-state index contributed by atoms with van der Waals surface area (Å²) >= 11 is 2.84. The molecule has 1 aliphatic heterocycles. The third-order valence-electron chi connectivity index (χ3n) is 6.00. The van der Waals surface area contributed by atoms with Gasteiger partial charge in [0, 0.05) is 29.5 Å². The van der Waals surface area contributed by atoms with Crippen LogP contribution in [0.4, 0.5) is 10.8 Å². The number of hydrogen-bond acceptors (Lipinski definition) is 6. The third-order valence-corrected chi connectivity index (χ3v) is 8.27. The topological polar surface area (TPSA) is 75.2 Å². The Morgan fingerprint density at radius 3 is 2.36 bits per heavy atom. The van der Waals surface area contributed by atoms with Gasteiger partial charge >= 0.3 is 0 Å². The molecule has 4 aromatic rings. The molecule has 1 aliphatic rings. The van der Waals surface area contributed by atoms with Crippen LogP contribution in [0, 0.1) is 13.8 Å². The van der Waals surface area contributed by atoms with E-state index in [9.17, 15) is 9.59 Å². The summed E-state index contributed by atoms with van der Waals surface area (Å²) < 4.78 is 0. The lowest BCUT2D eigenvalue weighted by molar-refractivity contribution is -0.117. The Balaban J connectivity index is 1.30. The van der Waals surface area contributed by atoms with Crippen LogP contribution in [0.2, 0.25) is 0 Å². The Hall–Kier alpha value is -3.49. The van der Waals surface area contributed by atoms with Crippen LogP contribution in [0.25, 0.3) is 0 Å². The summed E-state index contributed by atoms with van der Waals surface area (Å²) in [6, 6.07) is 25.8. The second kappa shape index (κ2) is 10.6. The van der Waals surface area contributed by atoms with Gasteiger partial charge in [0.05, 0.1) is 0 Å². The summed E-state index contributed by atoms with van der Waals surface area (Å²) in [6.07, 6.45) is 0.381. The van der Waals surface area contributed by atoms with Gasteiger partial charge in [0.25, 0.3) is 0 Å². The van der Waals surface area contributed by atoms with Crippen molar-refractivity contribution < 1.29 is 9.59 Å². The average Bonchev–Trinajstić information content (AvgIpc) is 3.49. The van der Waals surface area contributed by atoms with Crippen molar-refractivity contribution in [1.29, 1.82) is 0 Å². The molecule has 0 saturated carbocycles. The summed E-state index contributed by atoms with van der Waals surface area (Å²) in [4.78, 5) is 29.0. The molecular weight excluding hydrogens is 488 g/mol. The fourth-order valence-electron chi connectivity index (χ4n) is 4.39. The van der Waals surface area contributed by atoms with Crippen molar-refractivity contribution in [2.24, 2.45) is 0 Å². The number of aromatic nitrogens is 2. The van der Waals surface area contributed by atoms with Gasteiger partial charge in [-0.2, -0.15) is 0 Å². The largest absolute Gasteiger partial charge is 0.312 e.